The largest absolute Gasteiger partial charge is 0.341 e. The van der Waals surface area contributed by atoms with Crippen molar-refractivity contribution in [3.63, 3.8) is 0 Å². The van der Waals surface area contributed by atoms with Gasteiger partial charge < -0.3 is 4.90 Å². The van der Waals surface area contributed by atoms with Crippen LogP contribution in [0.4, 0.5) is 11.4 Å². The molecule has 0 aliphatic rings. The summed E-state index contributed by atoms with van der Waals surface area (Å²) in [6.45, 7) is 7.63. The van der Waals surface area contributed by atoms with Crippen LogP contribution in [0.2, 0.25) is 0 Å². The molecular formula is C21H23N. The van der Waals surface area contributed by atoms with Crippen molar-refractivity contribution in [2.24, 2.45) is 0 Å². The van der Waals surface area contributed by atoms with Crippen molar-refractivity contribution in [2.45, 2.75) is 26.7 Å². The molecule has 0 heterocycles. The van der Waals surface area contributed by atoms with Gasteiger partial charge in [0.25, 0.3) is 0 Å². The highest BCUT2D eigenvalue weighted by Gasteiger charge is 2.10. The number of hydrogen-bond acceptors (Lipinski definition) is 1. The number of nitrogens with zero attached hydrogens (tertiary/aromatic N) is 1. The Labute approximate surface area is 133 Å². The topological polar surface area (TPSA) is 3.24 Å². The predicted molar refractivity (Wildman–Crippen MR) is 97.2 cm³/mol. The third-order valence-corrected chi connectivity index (χ3v) is 4.25. The number of rotatable bonds is 4. The second kappa shape index (κ2) is 6.23. The average Bonchev–Trinajstić information content (AvgIpc) is 2.56. The number of anilines is 2. The van der Waals surface area contributed by atoms with Crippen LogP contribution in [0.1, 0.15) is 32.3 Å². The maximum Gasteiger partial charge on any atom is 0.0490 e. The lowest BCUT2D eigenvalue weighted by molar-refractivity contribution is 0.866. The van der Waals surface area contributed by atoms with Crippen LogP contribution in [0.25, 0.3) is 10.8 Å². The first-order valence-electron chi connectivity index (χ1n) is 8.06. The second-order valence-corrected chi connectivity index (χ2v) is 5.99. The monoisotopic (exact) mass is 289 g/mol. The van der Waals surface area contributed by atoms with Gasteiger partial charge in [0.1, 0.15) is 0 Å². The molecule has 0 unspecified atom stereocenters. The molecule has 112 valence electrons. The maximum atomic E-state index is 2.38. The van der Waals surface area contributed by atoms with Gasteiger partial charge in [-0.05, 0) is 42.0 Å². The van der Waals surface area contributed by atoms with E-state index in [0.717, 1.165) is 6.54 Å². The third-order valence-electron chi connectivity index (χ3n) is 4.25. The fraction of sp³-hybridized carbons (Fsp3) is 0.238. The van der Waals surface area contributed by atoms with Crippen molar-refractivity contribution in [3.05, 3.63) is 72.3 Å². The van der Waals surface area contributed by atoms with Gasteiger partial charge in [0, 0.05) is 23.3 Å². The van der Waals surface area contributed by atoms with E-state index in [9.17, 15) is 0 Å². The molecule has 1 heteroatoms. The summed E-state index contributed by atoms with van der Waals surface area (Å²) in [5.41, 5.74) is 3.92. The molecule has 3 aromatic rings. The maximum absolute atomic E-state index is 2.38. The minimum absolute atomic E-state index is 0.571. The zero-order chi connectivity index (χ0) is 15.5. The van der Waals surface area contributed by atoms with Gasteiger partial charge in [0.2, 0.25) is 0 Å². The third kappa shape index (κ3) is 2.71. The molecule has 0 aromatic heterocycles. The summed E-state index contributed by atoms with van der Waals surface area (Å²) in [5, 5.41) is 2.59. The highest BCUT2D eigenvalue weighted by Crippen LogP contribution is 2.32. The first kappa shape index (κ1) is 14.6. The summed E-state index contributed by atoms with van der Waals surface area (Å²) < 4.78 is 0. The SMILES string of the molecule is CCN(c1ccc(C(C)C)cc1)c1cccc2ccccc12. The number of fused-ring (bicyclic) bond motifs is 1. The van der Waals surface area contributed by atoms with E-state index in [0.29, 0.717) is 5.92 Å². The normalized spacial score (nSPS) is 11.1. The second-order valence-electron chi connectivity index (χ2n) is 5.99. The van der Waals surface area contributed by atoms with Crippen LogP contribution in [0.15, 0.2) is 66.7 Å². The molecule has 0 atom stereocenters. The molecule has 0 bridgehead atoms. The average molecular weight is 289 g/mol. The minimum atomic E-state index is 0.571. The zero-order valence-electron chi connectivity index (χ0n) is 13.6. The lowest BCUT2D eigenvalue weighted by atomic mass is 10.0. The van der Waals surface area contributed by atoms with Gasteiger partial charge in [-0.1, -0.05) is 62.4 Å². The first-order valence-corrected chi connectivity index (χ1v) is 8.06. The summed E-state index contributed by atoms with van der Waals surface area (Å²) in [7, 11) is 0. The van der Waals surface area contributed by atoms with E-state index in [1.165, 1.54) is 27.7 Å². The molecule has 0 spiro atoms. The highest BCUT2D eigenvalue weighted by atomic mass is 15.1. The highest BCUT2D eigenvalue weighted by molar-refractivity contribution is 5.96. The van der Waals surface area contributed by atoms with Gasteiger partial charge in [0.05, 0.1) is 0 Å². The molecule has 3 rings (SSSR count). The lowest BCUT2D eigenvalue weighted by Gasteiger charge is -2.25. The molecule has 0 amide bonds. The summed E-state index contributed by atoms with van der Waals surface area (Å²) >= 11 is 0. The quantitative estimate of drug-likeness (QED) is 0.559. The van der Waals surface area contributed by atoms with Gasteiger partial charge in [-0.3, -0.25) is 0 Å². The van der Waals surface area contributed by atoms with E-state index in [-0.39, 0.29) is 0 Å². The predicted octanol–water partition coefficient (Wildman–Crippen LogP) is 6.12. The Morgan fingerprint density at radius 1 is 0.818 bits per heavy atom. The lowest BCUT2D eigenvalue weighted by Crippen LogP contribution is -2.16. The van der Waals surface area contributed by atoms with Gasteiger partial charge in [-0.2, -0.15) is 0 Å². The van der Waals surface area contributed by atoms with Crippen LogP contribution in [-0.4, -0.2) is 6.54 Å². The molecule has 1 nitrogen and oxygen atoms in total. The summed E-state index contributed by atoms with van der Waals surface area (Å²) in [6, 6.07) is 24.1. The van der Waals surface area contributed by atoms with E-state index >= 15 is 0 Å². The minimum Gasteiger partial charge on any atom is -0.341 e. The zero-order valence-corrected chi connectivity index (χ0v) is 13.6. The van der Waals surface area contributed by atoms with E-state index in [1.807, 2.05) is 0 Å². The molecule has 0 aliphatic heterocycles. The standard InChI is InChI=1S/C21H23N/c1-4-22(19-14-12-17(13-15-19)16(2)3)21-11-7-9-18-8-5-6-10-20(18)21/h5-16H,4H2,1-3H3. The Balaban J connectivity index is 2.06. The Hall–Kier alpha value is -2.28. The van der Waals surface area contributed by atoms with Crippen molar-refractivity contribution in [1.82, 2.24) is 0 Å². The van der Waals surface area contributed by atoms with Gasteiger partial charge >= 0.3 is 0 Å². The molecule has 0 aliphatic carbocycles. The summed E-state index contributed by atoms with van der Waals surface area (Å²) in [4.78, 5) is 2.38. The van der Waals surface area contributed by atoms with Crippen molar-refractivity contribution >= 4 is 22.1 Å². The van der Waals surface area contributed by atoms with Crippen LogP contribution >= 0.6 is 0 Å². The Morgan fingerprint density at radius 3 is 2.18 bits per heavy atom. The fourth-order valence-electron chi connectivity index (χ4n) is 2.97. The van der Waals surface area contributed by atoms with Crippen molar-refractivity contribution in [3.8, 4) is 0 Å². The van der Waals surface area contributed by atoms with Crippen molar-refractivity contribution < 1.29 is 0 Å². The van der Waals surface area contributed by atoms with Gasteiger partial charge in [-0.25, -0.2) is 0 Å². The van der Waals surface area contributed by atoms with Crippen LogP contribution in [-0.2, 0) is 0 Å². The van der Waals surface area contributed by atoms with Crippen LogP contribution in [0.3, 0.4) is 0 Å². The van der Waals surface area contributed by atoms with Crippen molar-refractivity contribution in [2.75, 3.05) is 11.4 Å². The molecule has 0 fully saturated rings. The van der Waals surface area contributed by atoms with E-state index < -0.39 is 0 Å². The number of hydrogen-bond donors (Lipinski definition) is 0. The van der Waals surface area contributed by atoms with E-state index in [2.05, 4.69) is 92.4 Å². The molecular weight excluding hydrogens is 266 g/mol. The van der Waals surface area contributed by atoms with E-state index in [4.69, 9.17) is 0 Å². The molecule has 3 aromatic carbocycles. The summed E-state index contributed by atoms with van der Waals surface area (Å²) in [6.07, 6.45) is 0. The Kier molecular flexibility index (Phi) is 4.15. The van der Waals surface area contributed by atoms with Gasteiger partial charge in [0.15, 0.2) is 0 Å². The first-order chi connectivity index (χ1) is 10.7. The number of benzene rings is 3. The van der Waals surface area contributed by atoms with E-state index in [1.54, 1.807) is 0 Å². The fourth-order valence-corrected chi connectivity index (χ4v) is 2.97. The Morgan fingerprint density at radius 2 is 1.50 bits per heavy atom. The van der Waals surface area contributed by atoms with Crippen molar-refractivity contribution in [1.29, 1.82) is 0 Å². The summed E-state index contributed by atoms with van der Waals surface area (Å²) in [5.74, 6) is 0.571. The van der Waals surface area contributed by atoms with Crippen LogP contribution < -0.4 is 4.90 Å². The molecule has 0 radical (unpaired) electrons. The van der Waals surface area contributed by atoms with Gasteiger partial charge in [-0.15, -0.1) is 0 Å². The van der Waals surface area contributed by atoms with Crippen LogP contribution in [0, 0.1) is 0 Å². The molecule has 22 heavy (non-hydrogen) atoms. The molecule has 0 saturated heterocycles. The smallest absolute Gasteiger partial charge is 0.0490 e. The molecule has 0 N–H and O–H groups in total. The molecule has 0 saturated carbocycles. The van der Waals surface area contributed by atoms with Crippen LogP contribution in [0.5, 0.6) is 0 Å². The Bertz CT molecular complexity index is 751.